The van der Waals surface area contributed by atoms with Crippen LogP contribution in [0.25, 0.3) is 10.9 Å². The number of ether oxygens (including phenoxy) is 3. The van der Waals surface area contributed by atoms with Gasteiger partial charge in [0.05, 0.1) is 32.9 Å². The molecule has 6 nitrogen and oxygen atoms in total. The van der Waals surface area contributed by atoms with E-state index in [1.165, 1.54) is 0 Å². The summed E-state index contributed by atoms with van der Waals surface area (Å²) in [5, 5.41) is 3.75. The molecule has 27 heavy (non-hydrogen) atoms. The van der Waals surface area contributed by atoms with Crippen molar-refractivity contribution in [3.63, 3.8) is 0 Å². The van der Waals surface area contributed by atoms with Gasteiger partial charge in [0, 0.05) is 15.9 Å². The zero-order chi connectivity index (χ0) is 19.6. The average molecular weight is 433 g/mol. The number of carbonyl (C=O) groups excluding carboxylic acids is 1. The van der Waals surface area contributed by atoms with E-state index in [0.29, 0.717) is 28.5 Å². The maximum atomic E-state index is 12.8. The van der Waals surface area contributed by atoms with Crippen LogP contribution in [-0.2, 0) is 0 Å². The standard InChI is InChI=1S/C20H21BrN2O4/c1-11(12-6-5-7-13(21)8-12)22-20(24)15-9-14-16(25-2)10-17(26-3)19(27-4)18(14)23-15/h5-11,23H,1-4H3,(H,22,24). The predicted molar refractivity (Wildman–Crippen MR) is 108 cm³/mol. The number of hydrogen-bond acceptors (Lipinski definition) is 4. The van der Waals surface area contributed by atoms with Gasteiger partial charge >= 0.3 is 0 Å². The quantitative estimate of drug-likeness (QED) is 0.603. The van der Waals surface area contributed by atoms with Gasteiger partial charge in [-0.25, -0.2) is 0 Å². The second-order valence-corrected chi connectivity index (χ2v) is 6.95. The number of H-pyrrole nitrogens is 1. The molecular weight excluding hydrogens is 412 g/mol. The van der Waals surface area contributed by atoms with E-state index in [1.54, 1.807) is 33.5 Å². The van der Waals surface area contributed by atoms with Crippen molar-refractivity contribution >= 4 is 32.7 Å². The number of aromatic nitrogens is 1. The van der Waals surface area contributed by atoms with Gasteiger partial charge in [-0.15, -0.1) is 0 Å². The lowest BCUT2D eigenvalue weighted by molar-refractivity contribution is 0.0935. The first-order valence-electron chi connectivity index (χ1n) is 8.36. The van der Waals surface area contributed by atoms with Gasteiger partial charge in [-0.05, 0) is 30.7 Å². The van der Waals surface area contributed by atoms with Crippen LogP contribution in [0.4, 0.5) is 0 Å². The van der Waals surface area contributed by atoms with Crippen molar-refractivity contribution in [3.05, 3.63) is 52.1 Å². The molecule has 2 N–H and O–H groups in total. The molecule has 1 unspecified atom stereocenters. The highest BCUT2D eigenvalue weighted by molar-refractivity contribution is 9.10. The summed E-state index contributed by atoms with van der Waals surface area (Å²) in [6, 6.07) is 11.2. The minimum Gasteiger partial charge on any atom is -0.496 e. The van der Waals surface area contributed by atoms with Crippen molar-refractivity contribution in [2.24, 2.45) is 0 Å². The molecular formula is C20H21BrN2O4. The lowest BCUT2D eigenvalue weighted by atomic mass is 10.1. The Morgan fingerprint density at radius 3 is 2.44 bits per heavy atom. The molecule has 0 aliphatic heterocycles. The van der Waals surface area contributed by atoms with Crippen LogP contribution >= 0.6 is 15.9 Å². The average Bonchev–Trinajstić information content (AvgIpc) is 3.11. The summed E-state index contributed by atoms with van der Waals surface area (Å²) in [4.78, 5) is 15.9. The van der Waals surface area contributed by atoms with Crippen LogP contribution in [0.2, 0.25) is 0 Å². The Morgan fingerprint density at radius 1 is 1.07 bits per heavy atom. The van der Waals surface area contributed by atoms with E-state index < -0.39 is 0 Å². The molecule has 0 spiro atoms. The van der Waals surface area contributed by atoms with E-state index in [4.69, 9.17) is 14.2 Å². The van der Waals surface area contributed by atoms with E-state index in [9.17, 15) is 4.79 Å². The first-order chi connectivity index (χ1) is 13.0. The molecule has 1 amide bonds. The summed E-state index contributed by atoms with van der Waals surface area (Å²) in [5.74, 6) is 1.42. The summed E-state index contributed by atoms with van der Waals surface area (Å²) >= 11 is 3.45. The Hall–Kier alpha value is -2.67. The maximum absolute atomic E-state index is 12.8. The number of benzene rings is 2. The molecule has 0 aliphatic rings. The van der Waals surface area contributed by atoms with Gasteiger partial charge in [0.1, 0.15) is 11.4 Å². The number of amides is 1. The van der Waals surface area contributed by atoms with Crippen molar-refractivity contribution in [1.82, 2.24) is 10.3 Å². The van der Waals surface area contributed by atoms with Gasteiger partial charge in [-0.3, -0.25) is 4.79 Å². The third kappa shape index (κ3) is 3.73. The Morgan fingerprint density at radius 2 is 1.81 bits per heavy atom. The number of hydrogen-bond donors (Lipinski definition) is 2. The zero-order valence-electron chi connectivity index (χ0n) is 15.6. The van der Waals surface area contributed by atoms with Crippen LogP contribution in [0.1, 0.15) is 29.0 Å². The summed E-state index contributed by atoms with van der Waals surface area (Å²) in [7, 11) is 4.68. The highest BCUT2D eigenvalue weighted by atomic mass is 79.9. The zero-order valence-corrected chi connectivity index (χ0v) is 17.1. The molecule has 1 heterocycles. The number of methoxy groups -OCH3 is 3. The van der Waals surface area contributed by atoms with Gasteiger partial charge in [0.15, 0.2) is 11.5 Å². The van der Waals surface area contributed by atoms with Gasteiger partial charge < -0.3 is 24.5 Å². The normalized spacial score (nSPS) is 11.9. The Bertz CT molecular complexity index is 984. The highest BCUT2D eigenvalue weighted by Gasteiger charge is 2.20. The van der Waals surface area contributed by atoms with E-state index in [1.807, 2.05) is 31.2 Å². The first-order valence-corrected chi connectivity index (χ1v) is 9.15. The largest absolute Gasteiger partial charge is 0.496 e. The predicted octanol–water partition coefficient (Wildman–Crippen LogP) is 4.45. The summed E-state index contributed by atoms with van der Waals surface area (Å²) in [5.41, 5.74) is 2.07. The second kappa shape index (κ2) is 7.92. The monoisotopic (exact) mass is 432 g/mol. The van der Waals surface area contributed by atoms with Crippen molar-refractivity contribution in [2.45, 2.75) is 13.0 Å². The number of halogens is 1. The van der Waals surface area contributed by atoms with Crippen molar-refractivity contribution in [3.8, 4) is 17.2 Å². The van der Waals surface area contributed by atoms with Gasteiger partial charge in [-0.2, -0.15) is 0 Å². The Kier molecular flexibility index (Phi) is 5.60. The molecule has 0 aliphatic carbocycles. The second-order valence-electron chi connectivity index (χ2n) is 6.04. The molecule has 7 heteroatoms. The maximum Gasteiger partial charge on any atom is 0.268 e. The number of nitrogens with one attached hydrogen (secondary N) is 2. The van der Waals surface area contributed by atoms with Crippen LogP contribution in [0.5, 0.6) is 17.2 Å². The summed E-state index contributed by atoms with van der Waals surface area (Å²) in [6.45, 7) is 1.94. The van der Waals surface area contributed by atoms with Crippen LogP contribution < -0.4 is 19.5 Å². The van der Waals surface area contributed by atoms with Gasteiger partial charge in [0.2, 0.25) is 0 Å². The SMILES string of the molecule is COc1cc(OC)c2cc(C(=O)NC(C)c3cccc(Br)c3)[nH]c2c1OC. The molecule has 0 bridgehead atoms. The lowest BCUT2D eigenvalue weighted by Crippen LogP contribution is -2.26. The van der Waals surface area contributed by atoms with Crippen molar-refractivity contribution < 1.29 is 19.0 Å². The number of rotatable bonds is 6. The molecule has 3 aromatic rings. The van der Waals surface area contributed by atoms with E-state index >= 15 is 0 Å². The van der Waals surface area contributed by atoms with Crippen LogP contribution in [-0.4, -0.2) is 32.2 Å². The third-order valence-electron chi connectivity index (χ3n) is 4.38. The van der Waals surface area contributed by atoms with E-state index in [2.05, 4.69) is 26.2 Å². The molecule has 0 fully saturated rings. The van der Waals surface area contributed by atoms with Crippen molar-refractivity contribution in [1.29, 1.82) is 0 Å². The fourth-order valence-corrected chi connectivity index (χ4v) is 3.41. The molecule has 2 aromatic carbocycles. The fourth-order valence-electron chi connectivity index (χ4n) is 2.99. The van der Waals surface area contributed by atoms with Crippen LogP contribution in [0.15, 0.2) is 40.9 Å². The van der Waals surface area contributed by atoms with Crippen molar-refractivity contribution in [2.75, 3.05) is 21.3 Å². The molecule has 142 valence electrons. The smallest absolute Gasteiger partial charge is 0.268 e. The van der Waals surface area contributed by atoms with Crippen LogP contribution in [0.3, 0.4) is 0 Å². The number of carbonyl (C=O) groups is 1. The Balaban J connectivity index is 1.95. The molecule has 0 saturated heterocycles. The fraction of sp³-hybridized carbons (Fsp3) is 0.250. The summed E-state index contributed by atoms with van der Waals surface area (Å²) < 4.78 is 17.2. The topological polar surface area (TPSA) is 72.6 Å². The molecule has 0 saturated carbocycles. The van der Waals surface area contributed by atoms with Crippen LogP contribution in [0, 0.1) is 0 Å². The number of fused-ring (bicyclic) bond motifs is 1. The third-order valence-corrected chi connectivity index (χ3v) is 4.87. The number of aromatic amines is 1. The lowest BCUT2D eigenvalue weighted by Gasteiger charge is -2.14. The van der Waals surface area contributed by atoms with Gasteiger partial charge in [0.25, 0.3) is 5.91 Å². The summed E-state index contributed by atoms with van der Waals surface area (Å²) in [6.07, 6.45) is 0. The van der Waals surface area contributed by atoms with E-state index in [0.717, 1.165) is 15.4 Å². The Labute approximate surface area is 165 Å². The molecule has 1 atom stereocenters. The minimum absolute atomic E-state index is 0.153. The highest BCUT2D eigenvalue weighted by Crippen LogP contribution is 2.41. The van der Waals surface area contributed by atoms with E-state index in [-0.39, 0.29) is 11.9 Å². The molecule has 3 rings (SSSR count). The molecule has 1 aromatic heterocycles. The minimum atomic E-state index is -0.221. The first kappa shape index (κ1) is 19.1. The van der Waals surface area contributed by atoms with Gasteiger partial charge in [-0.1, -0.05) is 28.1 Å². The molecule has 0 radical (unpaired) electrons.